The zero-order chi connectivity index (χ0) is 13.1. The molecule has 2 aliphatic rings. The van der Waals surface area contributed by atoms with Crippen molar-refractivity contribution in [3.63, 3.8) is 0 Å². The van der Waals surface area contributed by atoms with Crippen LogP contribution >= 0.6 is 0 Å². The van der Waals surface area contributed by atoms with E-state index in [-0.39, 0.29) is 11.2 Å². The number of nitrogens with two attached hydrogens (primary N) is 1. The summed E-state index contributed by atoms with van der Waals surface area (Å²) in [4.78, 5) is 0. The average molecular weight is 240 g/mol. The molecule has 3 heteroatoms. The monoisotopic (exact) mass is 240 g/mol. The highest BCUT2D eigenvalue weighted by Gasteiger charge is 2.57. The van der Waals surface area contributed by atoms with Crippen LogP contribution in [0, 0.1) is 17.3 Å². The highest BCUT2D eigenvalue weighted by atomic mass is 16.5. The lowest BCUT2D eigenvalue weighted by atomic mass is 9.79. The van der Waals surface area contributed by atoms with Crippen LogP contribution in [-0.4, -0.2) is 17.2 Å². The first-order valence-electron chi connectivity index (χ1n) is 6.75. The molecule has 1 aliphatic carbocycles. The number of hydrogen-bond donors (Lipinski definition) is 2. The van der Waals surface area contributed by atoms with Crippen LogP contribution in [0.4, 0.5) is 0 Å². The molecule has 3 N–H and O–H groups in total. The molecular weight excluding hydrogens is 212 g/mol. The highest BCUT2D eigenvalue weighted by molar-refractivity contribution is 5.09. The van der Waals surface area contributed by atoms with E-state index in [4.69, 9.17) is 10.6 Å². The molecule has 0 amide bonds. The first-order chi connectivity index (χ1) is 7.59. The van der Waals surface area contributed by atoms with Gasteiger partial charge in [-0.3, -0.25) is 11.3 Å². The lowest BCUT2D eigenvalue weighted by molar-refractivity contribution is -0.0787. The van der Waals surface area contributed by atoms with Crippen LogP contribution in [-0.2, 0) is 4.74 Å². The quantitative estimate of drug-likeness (QED) is 0.588. The molecule has 1 heterocycles. The van der Waals surface area contributed by atoms with Crippen LogP contribution in [0.25, 0.3) is 0 Å². The van der Waals surface area contributed by atoms with Crippen LogP contribution in [0.1, 0.15) is 54.4 Å². The van der Waals surface area contributed by atoms with E-state index in [0.29, 0.717) is 23.3 Å². The molecule has 0 aromatic rings. The number of rotatable bonds is 3. The van der Waals surface area contributed by atoms with Gasteiger partial charge in [0.05, 0.1) is 11.2 Å². The SMILES string of the molecule is CC1(C)CC(C(NN)C2CC2(C)C)C(C)(C)O1. The number of ether oxygens (including phenoxy) is 1. The topological polar surface area (TPSA) is 47.3 Å². The molecule has 1 saturated carbocycles. The third-order valence-electron chi connectivity index (χ3n) is 4.79. The maximum Gasteiger partial charge on any atom is 0.0678 e. The van der Waals surface area contributed by atoms with E-state index in [0.717, 1.165) is 6.42 Å². The second-order valence-corrected chi connectivity index (χ2v) is 7.77. The van der Waals surface area contributed by atoms with Gasteiger partial charge in [-0.15, -0.1) is 0 Å². The average Bonchev–Trinajstić information content (AvgIpc) is 2.64. The molecule has 3 atom stereocenters. The molecule has 0 spiro atoms. The van der Waals surface area contributed by atoms with Crippen molar-refractivity contribution in [1.82, 2.24) is 5.43 Å². The largest absolute Gasteiger partial charge is 0.369 e. The molecule has 17 heavy (non-hydrogen) atoms. The lowest BCUT2D eigenvalue weighted by Gasteiger charge is -2.33. The zero-order valence-corrected chi connectivity index (χ0v) is 12.1. The summed E-state index contributed by atoms with van der Waals surface area (Å²) in [6, 6.07) is 0.377. The summed E-state index contributed by atoms with van der Waals surface area (Å²) in [5.41, 5.74) is 3.41. The Labute approximate surface area is 105 Å². The smallest absolute Gasteiger partial charge is 0.0678 e. The molecule has 1 saturated heterocycles. The van der Waals surface area contributed by atoms with Gasteiger partial charge in [0.2, 0.25) is 0 Å². The fraction of sp³-hybridized carbons (Fsp3) is 1.00. The number of nitrogens with one attached hydrogen (secondary N) is 1. The molecule has 0 radical (unpaired) electrons. The van der Waals surface area contributed by atoms with Crippen LogP contribution in [0.5, 0.6) is 0 Å². The van der Waals surface area contributed by atoms with Gasteiger partial charge in [0.1, 0.15) is 0 Å². The Hall–Kier alpha value is -0.120. The van der Waals surface area contributed by atoms with Crippen molar-refractivity contribution in [2.24, 2.45) is 23.1 Å². The Bertz CT molecular complexity index is 309. The second kappa shape index (κ2) is 3.69. The van der Waals surface area contributed by atoms with Gasteiger partial charge in [-0.1, -0.05) is 13.8 Å². The molecule has 2 fully saturated rings. The van der Waals surface area contributed by atoms with Crippen molar-refractivity contribution in [2.45, 2.75) is 71.6 Å². The first kappa shape index (κ1) is 13.3. The second-order valence-electron chi connectivity index (χ2n) is 7.77. The normalized spacial score (nSPS) is 39.0. The minimum absolute atomic E-state index is 0.0255. The van der Waals surface area contributed by atoms with E-state index in [1.807, 2.05) is 0 Å². The van der Waals surface area contributed by atoms with Crippen LogP contribution < -0.4 is 11.3 Å². The molecule has 100 valence electrons. The molecule has 3 nitrogen and oxygen atoms in total. The fourth-order valence-electron chi connectivity index (χ4n) is 3.80. The van der Waals surface area contributed by atoms with Crippen molar-refractivity contribution in [3.05, 3.63) is 0 Å². The van der Waals surface area contributed by atoms with Gasteiger partial charge in [-0.2, -0.15) is 0 Å². The Kier molecular flexibility index (Phi) is 2.89. The standard InChI is InChI=1S/C14H28N2O/c1-12(2)7-9(12)11(16-15)10-8-13(3,4)17-14(10,5)6/h9-11,16H,7-8,15H2,1-6H3. The molecular formula is C14H28N2O. The predicted octanol–water partition coefficient (Wildman–Crippen LogP) is 2.46. The summed E-state index contributed by atoms with van der Waals surface area (Å²) in [6.45, 7) is 13.4. The summed E-state index contributed by atoms with van der Waals surface area (Å²) < 4.78 is 6.18. The minimum Gasteiger partial charge on any atom is -0.369 e. The highest BCUT2D eigenvalue weighted by Crippen LogP contribution is 2.57. The predicted molar refractivity (Wildman–Crippen MR) is 70.3 cm³/mol. The van der Waals surface area contributed by atoms with Gasteiger partial charge in [0.25, 0.3) is 0 Å². The van der Waals surface area contributed by atoms with Crippen molar-refractivity contribution in [1.29, 1.82) is 0 Å². The fourth-order valence-corrected chi connectivity index (χ4v) is 3.80. The van der Waals surface area contributed by atoms with Gasteiger partial charge in [-0.25, -0.2) is 0 Å². The van der Waals surface area contributed by atoms with Gasteiger partial charge in [-0.05, 0) is 51.9 Å². The van der Waals surface area contributed by atoms with E-state index in [1.54, 1.807) is 0 Å². The van der Waals surface area contributed by atoms with Crippen molar-refractivity contribution < 1.29 is 4.74 Å². The van der Waals surface area contributed by atoms with Gasteiger partial charge >= 0.3 is 0 Å². The Morgan fingerprint density at radius 2 is 1.59 bits per heavy atom. The molecule has 3 unspecified atom stereocenters. The van der Waals surface area contributed by atoms with Crippen LogP contribution in [0.2, 0.25) is 0 Å². The van der Waals surface area contributed by atoms with Gasteiger partial charge in [0.15, 0.2) is 0 Å². The molecule has 0 aromatic heterocycles. The molecule has 2 rings (SSSR count). The van der Waals surface area contributed by atoms with Crippen LogP contribution in [0.3, 0.4) is 0 Å². The maximum atomic E-state index is 6.18. The van der Waals surface area contributed by atoms with E-state index >= 15 is 0 Å². The molecule has 1 aliphatic heterocycles. The third-order valence-corrected chi connectivity index (χ3v) is 4.79. The Morgan fingerprint density at radius 3 is 1.88 bits per heavy atom. The first-order valence-corrected chi connectivity index (χ1v) is 6.75. The summed E-state index contributed by atoms with van der Waals surface area (Å²) in [6.07, 6.45) is 2.36. The summed E-state index contributed by atoms with van der Waals surface area (Å²) in [7, 11) is 0. The number of hydrogen-bond acceptors (Lipinski definition) is 3. The zero-order valence-electron chi connectivity index (χ0n) is 12.1. The van der Waals surface area contributed by atoms with E-state index in [2.05, 4.69) is 47.0 Å². The summed E-state index contributed by atoms with van der Waals surface area (Å²) in [5, 5.41) is 0. The molecule has 0 bridgehead atoms. The van der Waals surface area contributed by atoms with E-state index < -0.39 is 0 Å². The summed E-state index contributed by atoms with van der Waals surface area (Å²) in [5.74, 6) is 7.00. The molecule has 0 aromatic carbocycles. The lowest BCUT2D eigenvalue weighted by Crippen LogP contribution is -2.49. The maximum absolute atomic E-state index is 6.18. The Morgan fingerprint density at radius 1 is 1.06 bits per heavy atom. The minimum atomic E-state index is -0.0841. The summed E-state index contributed by atoms with van der Waals surface area (Å²) >= 11 is 0. The third kappa shape index (κ3) is 2.38. The number of hydrazine groups is 1. The van der Waals surface area contributed by atoms with Crippen LogP contribution in [0.15, 0.2) is 0 Å². The Balaban J connectivity index is 2.15. The van der Waals surface area contributed by atoms with Gasteiger partial charge in [0, 0.05) is 12.0 Å². The van der Waals surface area contributed by atoms with Crippen molar-refractivity contribution in [3.8, 4) is 0 Å². The van der Waals surface area contributed by atoms with E-state index in [1.165, 1.54) is 6.42 Å². The van der Waals surface area contributed by atoms with Gasteiger partial charge < -0.3 is 4.74 Å². The van der Waals surface area contributed by atoms with E-state index in [9.17, 15) is 0 Å². The van der Waals surface area contributed by atoms with Crippen molar-refractivity contribution >= 4 is 0 Å². The van der Waals surface area contributed by atoms with Crippen molar-refractivity contribution in [2.75, 3.05) is 0 Å².